The number of hydrogen-bond donors (Lipinski definition) is 0. The number of hydrogen-bond acceptors (Lipinski definition) is 4. The number of aryl methyl sites for hydroxylation is 1. The summed E-state index contributed by atoms with van der Waals surface area (Å²) in [5, 5.41) is 4.51. The van der Waals surface area contributed by atoms with E-state index in [1.54, 1.807) is 32.0 Å². The van der Waals surface area contributed by atoms with Crippen LogP contribution in [-0.2, 0) is 4.74 Å². The van der Waals surface area contributed by atoms with Crippen molar-refractivity contribution in [3.63, 3.8) is 0 Å². The molecule has 0 aliphatic heterocycles. The summed E-state index contributed by atoms with van der Waals surface area (Å²) in [7, 11) is 0. The van der Waals surface area contributed by atoms with Gasteiger partial charge in [-0.2, -0.15) is 0 Å². The van der Waals surface area contributed by atoms with Crippen LogP contribution < -0.4 is 0 Å². The zero-order chi connectivity index (χ0) is 14.0. The molecule has 19 heavy (non-hydrogen) atoms. The number of nitrogens with zero attached hydrogens (tertiary/aromatic N) is 1. The Hall–Kier alpha value is -1.33. The Morgan fingerprint density at radius 3 is 2.89 bits per heavy atom. The van der Waals surface area contributed by atoms with E-state index in [4.69, 9.17) is 20.9 Å². The number of aromatic nitrogens is 1. The van der Waals surface area contributed by atoms with Crippen molar-refractivity contribution in [3.8, 4) is 11.3 Å². The van der Waals surface area contributed by atoms with Gasteiger partial charge in [-0.3, -0.25) is 0 Å². The zero-order valence-corrected chi connectivity index (χ0v) is 12.7. The van der Waals surface area contributed by atoms with Gasteiger partial charge in [-0.05, 0) is 41.9 Å². The van der Waals surface area contributed by atoms with Gasteiger partial charge in [0.1, 0.15) is 17.0 Å². The molecule has 0 atom stereocenters. The highest BCUT2D eigenvalue weighted by atomic mass is 79.9. The smallest absolute Gasteiger partial charge is 0.344 e. The Kier molecular flexibility index (Phi) is 4.27. The molecule has 0 saturated carbocycles. The molecule has 1 heterocycles. The fraction of sp³-hybridized carbons (Fsp3) is 0.231. The van der Waals surface area contributed by atoms with Crippen LogP contribution in [0.25, 0.3) is 11.3 Å². The Balaban J connectivity index is 2.50. The molecule has 1 aromatic carbocycles. The number of ether oxygens (including phenoxy) is 1. The summed E-state index contributed by atoms with van der Waals surface area (Å²) < 4.78 is 10.8. The Bertz CT molecular complexity index is 624. The maximum atomic E-state index is 11.9. The van der Waals surface area contributed by atoms with Crippen molar-refractivity contribution in [2.24, 2.45) is 0 Å². The van der Waals surface area contributed by atoms with Crippen molar-refractivity contribution in [2.45, 2.75) is 13.8 Å². The lowest BCUT2D eigenvalue weighted by Crippen LogP contribution is -2.06. The minimum absolute atomic E-state index is 0.299. The second kappa shape index (κ2) is 5.75. The van der Waals surface area contributed by atoms with Crippen LogP contribution in [0.5, 0.6) is 0 Å². The lowest BCUT2D eigenvalue weighted by molar-refractivity contribution is 0.0525. The van der Waals surface area contributed by atoms with E-state index in [1.165, 1.54) is 0 Å². The topological polar surface area (TPSA) is 52.3 Å². The van der Waals surface area contributed by atoms with Gasteiger partial charge in [-0.25, -0.2) is 4.79 Å². The first-order valence-electron chi connectivity index (χ1n) is 5.63. The predicted octanol–water partition coefficient (Wildman–Crippen LogP) is 4.24. The highest BCUT2D eigenvalue weighted by molar-refractivity contribution is 9.10. The highest BCUT2D eigenvalue weighted by Gasteiger charge is 2.22. The number of benzene rings is 1. The number of esters is 1. The standard InChI is InChI=1S/C13H11BrClNO3/c1-3-18-13(17)11-7(2)19-16-12(11)8-4-5-10(15)9(14)6-8/h4-6H,3H2,1-2H3. The van der Waals surface area contributed by atoms with Gasteiger partial charge in [0.2, 0.25) is 0 Å². The first kappa shape index (κ1) is 14.1. The van der Waals surface area contributed by atoms with Crippen molar-refractivity contribution in [3.05, 3.63) is 39.0 Å². The van der Waals surface area contributed by atoms with Crippen molar-refractivity contribution >= 4 is 33.5 Å². The fourth-order valence-corrected chi connectivity index (χ4v) is 2.15. The zero-order valence-electron chi connectivity index (χ0n) is 10.4. The minimum atomic E-state index is -0.442. The average Bonchev–Trinajstić information content (AvgIpc) is 2.75. The maximum Gasteiger partial charge on any atom is 0.344 e. The largest absolute Gasteiger partial charge is 0.462 e. The normalized spacial score (nSPS) is 10.5. The molecule has 0 amide bonds. The summed E-state index contributed by atoms with van der Waals surface area (Å²) in [6.07, 6.45) is 0. The molecular weight excluding hydrogens is 334 g/mol. The van der Waals surface area contributed by atoms with Gasteiger partial charge in [0.05, 0.1) is 11.6 Å². The van der Waals surface area contributed by atoms with Crippen molar-refractivity contribution in [1.82, 2.24) is 5.16 Å². The molecular formula is C13H11BrClNO3. The van der Waals surface area contributed by atoms with Gasteiger partial charge in [0, 0.05) is 10.0 Å². The lowest BCUT2D eigenvalue weighted by Gasteiger charge is -2.04. The van der Waals surface area contributed by atoms with E-state index in [0.717, 1.165) is 10.0 Å². The van der Waals surface area contributed by atoms with E-state index < -0.39 is 5.97 Å². The Morgan fingerprint density at radius 1 is 1.53 bits per heavy atom. The predicted molar refractivity (Wildman–Crippen MR) is 75.3 cm³/mol. The molecule has 0 spiro atoms. The number of halogens is 2. The van der Waals surface area contributed by atoms with E-state index >= 15 is 0 Å². The van der Waals surface area contributed by atoms with E-state index in [-0.39, 0.29) is 0 Å². The van der Waals surface area contributed by atoms with Crippen LogP contribution in [0.1, 0.15) is 23.0 Å². The minimum Gasteiger partial charge on any atom is -0.462 e. The lowest BCUT2D eigenvalue weighted by atomic mass is 10.1. The molecule has 0 radical (unpaired) electrons. The van der Waals surface area contributed by atoms with Crippen LogP contribution in [0.2, 0.25) is 5.02 Å². The summed E-state index contributed by atoms with van der Waals surface area (Å²) in [5.41, 5.74) is 1.53. The quantitative estimate of drug-likeness (QED) is 0.781. The van der Waals surface area contributed by atoms with E-state index in [1.807, 2.05) is 0 Å². The van der Waals surface area contributed by atoms with Crippen LogP contribution in [0, 0.1) is 6.92 Å². The van der Waals surface area contributed by atoms with Crippen LogP contribution in [0.3, 0.4) is 0 Å². The number of rotatable bonds is 3. The summed E-state index contributed by atoms with van der Waals surface area (Å²) in [6, 6.07) is 5.27. The third-order valence-electron chi connectivity index (χ3n) is 2.54. The van der Waals surface area contributed by atoms with Crippen LogP contribution >= 0.6 is 27.5 Å². The Labute approximate surface area is 123 Å². The molecule has 0 unspecified atom stereocenters. The molecule has 2 rings (SSSR count). The van der Waals surface area contributed by atoms with Crippen molar-refractivity contribution < 1.29 is 14.1 Å². The molecule has 0 aliphatic rings. The molecule has 100 valence electrons. The first-order chi connectivity index (χ1) is 9.04. The first-order valence-corrected chi connectivity index (χ1v) is 6.80. The molecule has 4 nitrogen and oxygen atoms in total. The van der Waals surface area contributed by atoms with Gasteiger partial charge >= 0.3 is 5.97 Å². The number of carbonyl (C=O) groups is 1. The fourth-order valence-electron chi connectivity index (χ4n) is 1.66. The van der Waals surface area contributed by atoms with Gasteiger partial charge in [0.25, 0.3) is 0 Å². The molecule has 1 aromatic heterocycles. The average molecular weight is 345 g/mol. The van der Waals surface area contributed by atoms with E-state index in [9.17, 15) is 4.79 Å². The van der Waals surface area contributed by atoms with Crippen molar-refractivity contribution in [2.75, 3.05) is 6.61 Å². The molecule has 0 bridgehead atoms. The van der Waals surface area contributed by atoms with Gasteiger partial charge in [-0.1, -0.05) is 22.8 Å². The molecule has 0 saturated heterocycles. The Morgan fingerprint density at radius 2 is 2.26 bits per heavy atom. The van der Waals surface area contributed by atoms with Crippen molar-refractivity contribution in [1.29, 1.82) is 0 Å². The highest BCUT2D eigenvalue weighted by Crippen LogP contribution is 2.31. The van der Waals surface area contributed by atoms with Gasteiger partial charge < -0.3 is 9.26 Å². The molecule has 0 fully saturated rings. The van der Waals surface area contributed by atoms with E-state index in [2.05, 4.69) is 21.1 Å². The third kappa shape index (κ3) is 2.82. The second-order valence-electron chi connectivity index (χ2n) is 3.81. The van der Waals surface area contributed by atoms with Gasteiger partial charge in [-0.15, -0.1) is 0 Å². The number of carbonyl (C=O) groups excluding carboxylic acids is 1. The summed E-state index contributed by atoms with van der Waals surface area (Å²) in [6.45, 7) is 3.72. The molecule has 0 aliphatic carbocycles. The van der Waals surface area contributed by atoms with Crippen LogP contribution in [0.4, 0.5) is 0 Å². The maximum absolute atomic E-state index is 11.9. The SMILES string of the molecule is CCOC(=O)c1c(-c2ccc(Cl)c(Br)c2)noc1C. The van der Waals surface area contributed by atoms with Gasteiger partial charge in [0.15, 0.2) is 0 Å². The molecule has 6 heteroatoms. The third-order valence-corrected chi connectivity index (χ3v) is 3.75. The molecule has 0 N–H and O–H groups in total. The monoisotopic (exact) mass is 343 g/mol. The summed E-state index contributed by atoms with van der Waals surface area (Å²) in [4.78, 5) is 11.9. The summed E-state index contributed by atoms with van der Waals surface area (Å²) in [5.74, 6) is -0.0122. The van der Waals surface area contributed by atoms with E-state index in [0.29, 0.717) is 28.6 Å². The summed E-state index contributed by atoms with van der Waals surface area (Å²) >= 11 is 9.28. The second-order valence-corrected chi connectivity index (χ2v) is 5.07. The van der Waals surface area contributed by atoms with Crippen LogP contribution in [-0.4, -0.2) is 17.7 Å². The van der Waals surface area contributed by atoms with Crippen LogP contribution in [0.15, 0.2) is 27.2 Å². The molecule has 2 aromatic rings.